The topological polar surface area (TPSA) is 63.6 Å². The molecule has 1 N–H and O–H groups in total. The average molecular weight is 589 g/mol. The fraction of sp³-hybridized carbons (Fsp3) is 1.00. The van der Waals surface area contributed by atoms with Gasteiger partial charge in [0.1, 0.15) is 0 Å². The second-order valence-electron chi connectivity index (χ2n) is 12.5. The summed E-state index contributed by atoms with van der Waals surface area (Å²) in [6.45, 7) is 4.88. The zero-order valence-electron chi connectivity index (χ0n) is 27.3. The van der Waals surface area contributed by atoms with Crippen molar-refractivity contribution >= 4 is 9.84 Å². The zero-order chi connectivity index (χ0) is 29.4. The van der Waals surface area contributed by atoms with Crippen molar-refractivity contribution in [3.05, 3.63) is 0 Å². The molecule has 40 heavy (non-hydrogen) atoms. The first-order valence-electron chi connectivity index (χ1n) is 18.0. The van der Waals surface area contributed by atoms with Gasteiger partial charge in [0, 0.05) is 6.61 Å². The largest absolute Gasteiger partial charge is 0.394 e. The molecule has 0 aromatic carbocycles. The first-order valence-corrected chi connectivity index (χ1v) is 19.8. The Morgan fingerprint density at radius 1 is 0.475 bits per heavy atom. The summed E-state index contributed by atoms with van der Waals surface area (Å²) in [6, 6.07) is 0. The second kappa shape index (κ2) is 31.8. The van der Waals surface area contributed by atoms with Crippen LogP contribution in [-0.2, 0) is 14.6 Å². The lowest BCUT2D eigenvalue weighted by Crippen LogP contribution is -2.29. The van der Waals surface area contributed by atoms with Crippen LogP contribution in [0, 0.1) is 0 Å². The molecule has 0 rings (SSSR count). The summed E-state index contributed by atoms with van der Waals surface area (Å²) >= 11 is 0. The van der Waals surface area contributed by atoms with Crippen molar-refractivity contribution in [2.45, 2.75) is 200 Å². The van der Waals surface area contributed by atoms with Gasteiger partial charge in [0.15, 0.2) is 9.84 Å². The molecule has 1 unspecified atom stereocenters. The van der Waals surface area contributed by atoms with Crippen LogP contribution in [0.25, 0.3) is 0 Å². The molecule has 0 bridgehead atoms. The lowest BCUT2D eigenvalue weighted by atomic mass is 10.0. The summed E-state index contributed by atoms with van der Waals surface area (Å²) in [5, 5.41) is 9.61. The number of aliphatic hydroxyl groups excluding tert-OH is 1. The summed E-state index contributed by atoms with van der Waals surface area (Å²) in [5.74, 6) is 0.185. The van der Waals surface area contributed by atoms with Crippen molar-refractivity contribution in [2.24, 2.45) is 0 Å². The SMILES string of the molecule is CCCCCCCCCCCCCCCCOC(CO)CS(=O)(=O)CCCCCCCCCCCCCCCC. The summed E-state index contributed by atoms with van der Waals surface area (Å²) in [5.41, 5.74) is 0. The molecular formula is C35H72O4S. The van der Waals surface area contributed by atoms with Crippen LogP contribution in [0.15, 0.2) is 0 Å². The van der Waals surface area contributed by atoms with E-state index in [1.807, 2.05) is 0 Å². The van der Waals surface area contributed by atoms with Gasteiger partial charge in [-0.05, 0) is 12.8 Å². The number of rotatable bonds is 34. The quantitative estimate of drug-likeness (QED) is 0.0759. The predicted molar refractivity (Wildman–Crippen MR) is 176 cm³/mol. The highest BCUT2D eigenvalue weighted by Crippen LogP contribution is 2.15. The van der Waals surface area contributed by atoms with Crippen LogP contribution in [0.1, 0.15) is 194 Å². The fourth-order valence-electron chi connectivity index (χ4n) is 5.58. The Morgan fingerprint density at radius 3 is 1.10 bits per heavy atom. The smallest absolute Gasteiger partial charge is 0.152 e. The lowest BCUT2D eigenvalue weighted by Gasteiger charge is -2.15. The molecule has 0 aromatic heterocycles. The molecule has 1 atom stereocenters. The third-order valence-corrected chi connectivity index (χ3v) is 10.1. The van der Waals surface area contributed by atoms with Crippen LogP contribution in [0.2, 0.25) is 0 Å². The molecule has 0 spiro atoms. The lowest BCUT2D eigenvalue weighted by molar-refractivity contribution is 0.0250. The van der Waals surface area contributed by atoms with E-state index in [9.17, 15) is 13.5 Å². The molecule has 0 aromatic rings. The molecule has 0 amide bonds. The van der Waals surface area contributed by atoms with Gasteiger partial charge in [-0.3, -0.25) is 0 Å². The normalized spacial score (nSPS) is 12.8. The van der Waals surface area contributed by atoms with Gasteiger partial charge in [0.2, 0.25) is 0 Å². The maximum atomic E-state index is 12.5. The Labute approximate surface area is 252 Å². The van der Waals surface area contributed by atoms with E-state index in [1.54, 1.807) is 0 Å². The van der Waals surface area contributed by atoms with E-state index < -0.39 is 15.9 Å². The highest BCUT2D eigenvalue weighted by atomic mass is 32.2. The Hall–Kier alpha value is -0.130. The Morgan fingerprint density at radius 2 is 0.775 bits per heavy atom. The van der Waals surface area contributed by atoms with Gasteiger partial charge in [-0.25, -0.2) is 8.42 Å². The maximum absolute atomic E-state index is 12.5. The van der Waals surface area contributed by atoms with Crippen molar-refractivity contribution in [1.82, 2.24) is 0 Å². The Balaban J connectivity index is 3.54. The number of sulfone groups is 1. The molecular weight excluding hydrogens is 516 g/mol. The van der Waals surface area contributed by atoms with Crippen molar-refractivity contribution < 1.29 is 18.3 Å². The average Bonchev–Trinajstić information content (AvgIpc) is 2.94. The van der Waals surface area contributed by atoms with Crippen molar-refractivity contribution in [3.8, 4) is 0 Å². The van der Waals surface area contributed by atoms with E-state index >= 15 is 0 Å². The van der Waals surface area contributed by atoms with E-state index in [0.717, 1.165) is 32.1 Å². The monoisotopic (exact) mass is 589 g/mol. The van der Waals surface area contributed by atoms with Gasteiger partial charge >= 0.3 is 0 Å². The number of hydrogen-bond acceptors (Lipinski definition) is 4. The van der Waals surface area contributed by atoms with Crippen LogP contribution >= 0.6 is 0 Å². The van der Waals surface area contributed by atoms with E-state index in [-0.39, 0.29) is 18.1 Å². The Kier molecular flexibility index (Phi) is 31.7. The van der Waals surface area contributed by atoms with Gasteiger partial charge in [0.25, 0.3) is 0 Å². The van der Waals surface area contributed by atoms with E-state index in [4.69, 9.17) is 4.74 Å². The molecule has 0 aliphatic heterocycles. The fourth-order valence-corrected chi connectivity index (χ4v) is 7.16. The van der Waals surface area contributed by atoms with E-state index in [0.29, 0.717) is 6.61 Å². The summed E-state index contributed by atoms with van der Waals surface area (Å²) in [7, 11) is -3.16. The number of ether oxygens (including phenoxy) is 1. The van der Waals surface area contributed by atoms with Crippen LogP contribution in [0.4, 0.5) is 0 Å². The maximum Gasteiger partial charge on any atom is 0.152 e. The van der Waals surface area contributed by atoms with E-state index in [2.05, 4.69) is 13.8 Å². The minimum atomic E-state index is -3.16. The standard InChI is InChI=1S/C35H72O4S/c1-3-5-7-9-11-13-15-17-19-21-23-25-27-29-31-39-35(33-36)34-40(37,38)32-30-28-26-24-22-20-18-16-14-12-10-8-6-4-2/h35-36H,3-34H2,1-2H3. The van der Waals surface area contributed by atoms with Crippen LogP contribution in [0.5, 0.6) is 0 Å². The van der Waals surface area contributed by atoms with Gasteiger partial charge in [-0.2, -0.15) is 0 Å². The molecule has 0 fully saturated rings. The van der Waals surface area contributed by atoms with Gasteiger partial charge < -0.3 is 9.84 Å². The molecule has 0 saturated heterocycles. The van der Waals surface area contributed by atoms with Gasteiger partial charge in [-0.1, -0.05) is 181 Å². The van der Waals surface area contributed by atoms with Gasteiger partial charge in [0.05, 0.1) is 24.2 Å². The van der Waals surface area contributed by atoms with E-state index in [1.165, 1.54) is 148 Å². The first kappa shape index (κ1) is 39.9. The Bertz CT molecular complexity index is 578. The molecule has 0 saturated carbocycles. The molecule has 0 aliphatic rings. The number of aliphatic hydroxyl groups is 1. The predicted octanol–water partition coefficient (Wildman–Crippen LogP) is 10.7. The minimum Gasteiger partial charge on any atom is -0.394 e. The summed E-state index contributed by atoms with van der Waals surface area (Å²) < 4.78 is 30.7. The van der Waals surface area contributed by atoms with Crippen LogP contribution < -0.4 is 0 Å². The molecule has 0 radical (unpaired) electrons. The summed E-state index contributed by atoms with van der Waals surface area (Å²) in [4.78, 5) is 0. The third kappa shape index (κ3) is 30.8. The highest BCUT2D eigenvalue weighted by Gasteiger charge is 2.19. The molecule has 242 valence electrons. The molecule has 5 heteroatoms. The summed E-state index contributed by atoms with van der Waals surface area (Å²) in [6.07, 6.45) is 35.5. The van der Waals surface area contributed by atoms with Crippen LogP contribution in [-0.4, -0.2) is 44.3 Å². The highest BCUT2D eigenvalue weighted by molar-refractivity contribution is 7.91. The minimum absolute atomic E-state index is 0.0411. The first-order chi connectivity index (χ1) is 19.6. The molecule has 0 heterocycles. The number of unbranched alkanes of at least 4 members (excludes halogenated alkanes) is 26. The third-order valence-electron chi connectivity index (χ3n) is 8.30. The van der Waals surface area contributed by atoms with Crippen molar-refractivity contribution in [3.63, 3.8) is 0 Å². The zero-order valence-corrected chi connectivity index (χ0v) is 28.1. The second-order valence-corrected chi connectivity index (χ2v) is 14.7. The molecule has 0 aliphatic carbocycles. The molecule has 4 nitrogen and oxygen atoms in total. The van der Waals surface area contributed by atoms with Crippen LogP contribution in [0.3, 0.4) is 0 Å². The number of hydrogen-bond donors (Lipinski definition) is 1. The van der Waals surface area contributed by atoms with Crippen molar-refractivity contribution in [2.75, 3.05) is 24.7 Å². The van der Waals surface area contributed by atoms with Gasteiger partial charge in [-0.15, -0.1) is 0 Å². The van der Waals surface area contributed by atoms with Crippen molar-refractivity contribution in [1.29, 1.82) is 0 Å².